The van der Waals surface area contributed by atoms with Gasteiger partial charge < -0.3 is 9.47 Å². The maximum Gasteiger partial charge on any atom is 0.113 e. The summed E-state index contributed by atoms with van der Waals surface area (Å²) in [6.07, 6.45) is 0. The number of fused-ring (bicyclic) bond motifs is 14. The van der Waals surface area contributed by atoms with E-state index in [1.54, 1.807) is 0 Å². The molecule has 0 radical (unpaired) electrons. The molecule has 0 bridgehead atoms. The molecule has 65 heavy (non-hydrogen) atoms. The van der Waals surface area contributed by atoms with Gasteiger partial charge in [0.1, 0.15) is 8.07 Å². The Morgan fingerprint density at radius 1 is 0.415 bits per heavy atom. The van der Waals surface area contributed by atoms with Crippen molar-refractivity contribution in [2.75, 3.05) is 4.90 Å². The van der Waals surface area contributed by atoms with Crippen LogP contribution in [0.5, 0.6) is 0 Å². The van der Waals surface area contributed by atoms with Crippen LogP contribution >= 0.6 is 11.3 Å². The number of para-hydroxylation sites is 2. The third-order valence-electron chi connectivity index (χ3n) is 14.8. The Morgan fingerprint density at radius 3 is 1.94 bits per heavy atom. The average Bonchev–Trinajstić information content (AvgIpc) is 3.90. The van der Waals surface area contributed by atoms with Gasteiger partial charge in [-0.25, -0.2) is 0 Å². The molecule has 14 rings (SSSR count). The minimum Gasteiger partial charge on any atom is -0.310 e. The van der Waals surface area contributed by atoms with Crippen molar-refractivity contribution in [3.63, 3.8) is 0 Å². The van der Waals surface area contributed by atoms with Crippen molar-refractivity contribution < 1.29 is 0 Å². The Hall–Kier alpha value is -7.50. The molecular formula is C61H42N2SSi. The lowest BCUT2D eigenvalue weighted by Crippen LogP contribution is -2.63. The summed E-state index contributed by atoms with van der Waals surface area (Å²) in [4.78, 5) is 2.49. The molecule has 4 heteroatoms. The lowest BCUT2D eigenvalue weighted by Gasteiger charge is -2.50. The molecule has 10 aromatic carbocycles. The van der Waals surface area contributed by atoms with Crippen LogP contribution in [0.15, 0.2) is 218 Å². The van der Waals surface area contributed by atoms with Crippen LogP contribution in [-0.4, -0.2) is 12.6 Å². The van der Waals surface area contributed by atoms with Crippen molar-refractivity contribution in [3.8, 4) is 16.8 Å². The summed E-state index contributed by atoms with van der Waals surface area (Å²) in [5.41, 5.74) is 14.7. The Balaban J connectivity index is 1.02. The molecule has 1 atom stereocenters. The van der Waals surface area contributed by atoms with Gasteiger partial charge in [-0.1, -0.05) is 171 Å². The number of aromatic nitrogens is 1. The van der Waals surface area contributed by atoms with Gasteiger partial charge in [-0.2, -0.15) is 0 Å². The Labute approximate surface area is 382 Å². The molecule has 2 aromatic heterocycles. The van der Waals surface area contributed by atoms with Crippen LogP contribution in [0.1, 0.15) is 22.3 Å². The van der Waals surface area contributed by atoms with E-state index in [9.17, 15) is 0 Å². The highest BCUT2D eigenvalue weighted by Gasteiger charge is 2.52. The standard InChI is InChI=1S/C61H42N2SSi/c1-65(2)58-29-13-10-25-51(58)61(50-24-9-6-20-44(50)49-23-14-16-39-17-15-26-53(61)60(39)49)52-35-32-43(38-59(52)65)62(40-18-4-3-5-19-40)41-30-33-46-45-21-7-11-27-54(45)63(55(46)36-41)42-31-34-48-47-22-8-12-28-56(47)64-57(48)37-42/h3-38H,1-2H3. The van der Waals surface area contributed by atoms with Crippen LogP contribution in [0, 0.1) is 0 Å². The topological polar surface area (TPSA) is 8.17 Å². The number of benzene rings is 10. The summed E-state index contributed by atoms with van der Waals surface area (Å²) in [5, 5.41) is 10.8. The quantitative estimate of drug-likeness (QED) is 0.160. The summed E-state index contributed by atoms with van der Waals surface area (Å²) in [7, 11) is -2.30. The normalized spacial score (nSPS) is 15.7. The van der Waals surface area contributed by atoms with Gasteiger partial charge in [-0.15, -0.1) is 11.3 Å². The summed E-state index contributed by atoms with van der Waals surface area (Å²) >= 11 is 1.87. The fraction of sp³-hybridized carbons (Fsp3) is 0.0492. The zero-order valence-electron chi connectivity index (χ0n) is 36.1. The molecule has 2 nitrogen and oxygen atoms in total. The molecule has 306 valence electrons. The van der Waals surface area contributed by atoms with Gasteiger partial charge in [-0.05, 0) is 115 Å². The van der Waals surface area contributed by atoms with E-state index in [-0.39, 0.29) is 0 Å². The summed E-state index contributed by atoms with van der Waals surface area (Å²) in [5.74, 6) is 0. The van der Waals surface area contributed by atoms with E-state index in [4.69, 9.17) is 0 Å². The lowest BCUT2D eigenvalue weighted by atomic mass is 9.59. The van der Waals surface area contributed by atoms with E-state index in [2.05, 4.69) is 241 Å². The van der Waals surface area contributed by atoms with E-state index < -0.39 is 13.5 Å². The maximum absolute atomic E-state index is 2.57. The number of hydrogen-bond donors (Lipinski definition) is 0. The van der Waals surface area contributed by atoms with Crippen molar-refractivity contribution in [2.45, 2.75) is 18.5 Å². The van der Waals surface area contributed by atoms with Crippen molar-refractivity contribution >= 4 is 99.6 Å². The van der Waals surface area contributed by atoms with Crippen LogP contribution in [0.3, 0.4) is 0 Å². The fourth-order valence-electron chi connectivity index (χ4n) is 12.1. The Morgan fingerprint density at radius 2 is 1.05 bits per heavy atom. The van der Waals surface area contributed by atoms with E-state index in [1.807, 2.05) is 11.3 Å². The second-order valence-electron chi connectivity index (χ2n) is 18.4. The summed E-state index contributed by atoms with van der Waals surface area (Å²) in [6.45, 7) is 5.13. The molecule has 2 aliphatic rings. The molecule has 1 aliphatic carbocycles. The largest absolute Gasteiger partial charge is 0.310 e. The molecule has 12 aromatic rings. The van der Waals surface area contributed by atoms with Gasteiger partial charge in [0, 0.05) is 53.7 Å². The number of thiophene rings is 1. The molecule has 0 N–H and O–H groups in total. The monoisotopic (exact) mass is 862 g/mol. The van der Waals surface area contributed by atoms with Crippen molar-refractivity contribution in [1.82, 2.24) is 4.57 Å². The van der Waals surface area contributed by atoms with Gasteiger partial charge >= 0.3 is 0 Å². The third kappa shape index (κ3) is 4.98. The highest BCUT2D eigenvalue weighted by Crippen LogP contribution is 2.56. The van der Waals surface area contributed by atoms with Crippen LogP contribution in [0.4, 0.5) is 17.1 Å². The predicted octanol–water partition coefficient (Wildman–Crippen LogP) is 15.3. The van der Waals surface area contributed by atoms with Crippen LogP contribution in [0.2, 0.25) is 13.1 Å². The number of anilines is 3. The molecule has 1 spiro atoms. The second-order valence-corrected chi connectivity index (χ2v) is 23.8. The smallest absolute Gasteiger partial charge is 0.113 e. The SMILES string of the molecule is C[Si]1(C)c2ccccc2C2(c3ccccc3-c3cccc4cccc2c34)c2ccc(N(c3ccccc3)c3ccc4c5ccccc5n(-c5ccc6c(c5)sc5ccccc56)c4c3)cc21. The average molecular weight is 863 g/mol. The van der Waals surface area contributed by atoms with Gasteiger partial charge in [0.15, 0.2) is 0 Å². The van der Waals surface area contributed by atoms with E-state index >= 15 is 0 Å². The van der Waals surface area contributed by atoms with Gasteiger partial charge in [-0.3, -0.25) is 0 Å². The Kier molecular flexibility index (Phi) is 7.67. The second kappa shape index (κ2) is 13.5. The molecule has 0 fully saturated rings. The first-order chi connectivity index (χ1) is 32.0. The van der Waals surface area contributed by atoms with E-state index in [1.165, 1.54) is 108 Å². The van der Waals surface area contributed by atoms with Crippen LogP contribution in [0.25, 0.3) is 69.6 Å². The maximum atomic E-state index is 2.57. The molecule has 0 amide bonds. The van der Waals surface area contributed by atoms with E-state index in [0.29, 0.717) is 0 Å². The van der Waals surface area contributed by atoms with Crippen LogP contribution in [-0.2, 0) is 5.41 Å². The van der Waals surface area contributed by atoms with Gasteiger partial charge in [0.25, 0.3) is 0 Å². The molecular weight excluding hydrogens is 821 g/mol. The minimum absolute atomic E-state index is 0.482. The summed E-state index contributed by atoms with van der Waals surface area (Å²) < 4.78 is 5.10. The van der Waals surface area contributed by atoms with Gasteiger partial charge in [0.2, 0.25) is 0 Å². The Bertz CT molecular complexity index is 3950. The highest BCUT2D eigenvalue weighted by molar-refractivity contribution is 7.25. The highest BCUT2D eigenvalue weighted by atomic mass is 32.1. The van der Waals surface area contributed by atoms with Crippen LogP contribution < -0.4 is 15.3 Å². The predicted molar refractivity (Wildman–Crippen MR) is 280 cm³/mol. The molecule has 0 saturated heterocycles. The molecule has 1 unspecified atom stereocenters. The fourth-order valence-corrected chi connectivity index (χ4v) is 16.4. The van der Waals surface area contributed by atoms with E-state index in [0.717, 1.165) is 11.4 Å². The zero-order valence-corrected chi connectivity index (χ0v) is 37.9. The number of hydrogen-bond acceptors (Lipinski definition) is 2. The van der Waals surface area contributed by atoms with Crippen molar-refractivity contribution in [3.05, 3.63) is 241 Å². The zero-order chi connectivity index (χ0) is 43.0. The summed E-state index contributed by atoms with van der Waals surface area (Å²) in [6, 6.07) is 82.6. The van der Waals surface area contributed by atoms with Crippen molar-refractivity contribution in [1.29, 1.82) is 0 Å². The number of rotatable bonds is 4. The first kappa shape index (κ1) is 36.9. The minimum atomic E-state index is -2.30. The first-order valence-corrected chi connectivity index (χ1v) is 26.5. The first-order valence-electron chi connectivity index (χ1n) is 22.7. The van der Waals surface area contributed by atoms with Crippen molar-refractivity contribution in [2.24, 2.45) is 0 Å². The molecule has 0 saturated carbocycles. The third-order valence-corrected chi connectivity index (χ3v) is 19.5. The molecule has 3 heterocycles. The lowest BCUT2D eigenvalue weighted by molar-refractivity contribution is 0.754. The number of nitrogens with zero attached hydrogens (tertiary/aromatic N) is 2. The van der Waals surface area contributed by atoms with Gasteiger partial charge in [0.05, 0.1) is 16.4 Å². The molecule has 1 aliphatic heterocycles.